The van der Waals surface area contributed by atoms with E-state index in [4.69, 9.17) is 0 Å². The lowest BCUT2D eigenvalue weighted by molar-refractivity contribution is -0.132. The Labute approximate surface area is 234 Å². The molecular weight excluding hydrogens is 514 g/mol. The summed E-state index contributed by atoms with van der Waals surface area (Å²) < 4.78 is 0. The first kappa shape index (κ1) is 30.0. The van der Waals surface area contributed by atoms with Gasteiger partial charge in [0.15, 0.2) is 5.92 Å². The van der Waals surface area contributed by atoms with Gasteiger partial charge in [0.1, 0.15) is 10.6 Å². The van der Waals surface area contributed by atoms with Gasteiger partial charge in [-0.15, -0.1) is 11.8 Å². The number of rotatable bonds is 10. The van der Waals surface area contributed by atoms with E-state index in [0.29, 0.717) is 17.8 Å². The van der Waals surface area contributed by atoms with Crippen LogP contribution in [0.2, 0.25) is 0 Å². The van der Waals surface area contributed by atoms with Crippen molar-refractivity contribution in [1.29, 1.82) is 5.26 Å². The van der Waals surface area contributed by atoms with Crippen LogP contribution in [0.1, 0.15) is 46.3 Å². The third kappa shape index (κ3) is 7.52. The number of thioether (sulfide) groups is 1. The highest BCUT2D eigenvalue weighted by molar-refractivity contribution is 8.01. The van der Waals surface area contributed by atoms with Crippen molar-refractivity contribution in [3.8, 4) is 6.07 Å². The number of aliphatic hydroxyl groups excluding tert-OH is 1. The summed E-state index contributed by atoms with van der Waals surface area (Å²) in [7, 11) is 0. The number of carbonyl (C=O) groups is 3. The quantitative estimate of drug-likeness (QED) is 0.353. The molecule has 1 fully saturated rings. The van der Waals surface area contributed by atoms with Crippen LogP contribution in [-0.4, -0.2) is 57.5 Å². The molecule has 0 aliphatic carbocycles. The van der Waals surface area contributed by atoms with Gasteiger partial charge in [-0.2, -0.15) is 5.26 Å². The molecule has 10 heteroatoms. The number of nitrogens with zero attached hydrogens (tertiary/aromatic N) is 2. The Hall–Kier alpha value is -3.55. The lowest BCUT2D eigenvalue weighted by Gasteiger charge is -2.27. The summed E-state index contributed by atoms with van der Waals surface area (Å²) in [6.07, 6.45) is -0.935. The van der Waals surface area contributed by atoms with Crippen molar-refractivity contribution in [3.63, 3.8) is 0 Å². The van der Waals surface area contributed by atoms with Gasteiger partial charge < -0.3 is 26.0 Å². The third-order valence-corrected chi connectivity index (χ3v) is 8.00. The van der Waals surface area contributed by atoms with Gasteiger partial charge in [0.2, 0.25) is 17.7 Å². The van der Waals surface area contributed by atoms with Crippen LogP contribution in [0, 0.1) is 22.7 Å². The molecule has 0 bridgehead atoms. The number of anilines is 2. The molecule has 9 nitrogen and oxygen atoms in total. The first-order valence-corrected chi connectivity index (χ1v) is 13.9. The molecule has 1 saturated heterocycles. The van der Waals surface area contributed by atoms with Gasteiger partial charge in [0.25, 0.3) is 0 Å². The van der Waals surface area contributed by atoms with E-state index in [1.807, 2.05) is 45.9 Å². The highest BCUT2D eigenvalue weighted by Gasteiger charge is 2.46. The predicted octanol–water partition coefficient (Wildman–Crippen LogP) is 3.75. The average Bonchev–Trinajstić information content (AvgIpc) is 3.22. The van der Waals surface area contributed by atoms with Crippen molar-refractivity contribution in [2.24, 2.45) is 11.3 Å². The number of hydrogen-bond acceptors (Lipinski definition) is 7. The summed E-state index contributed by atoms with van der Waals surface area (Å²) in [5, 5.41) is 28.3. The minimum atomic E-state index is -1.11. The zero-order chi connectivity index (χ0) is 28.7. The van der Waals surface area contributed by atoms with Crippen LogP contribution in [0.4, 0.5) is 11.4 Å². The highest BCUT2D eigenvalue weighted by atomic mass is 32.2. The Morgan fingerprint density at radius 2 is 1.79 bits per heavy atom. The second kappa shape index (κ2) is 13.0. The van der Waals surface area contributed by atoms with Crippen LogP contribution in [0.15, 0.2) is 54.6 Å². The van der Waals surface area contributed by atoms with Crippen molar-refractivity contribution < 1.29 is 19.5 Å². The Bertz CT molecular complexity index is 1210. The van der Waals surface area contributed by atoms with E-state index >= 15 is 0 Å². The molecule has 39 heavy (non-hydrogen) atoms. The second-order valence-corrected chi connectivity index (χ2v) is 11.9. The van der Waals surface area contributed by atoms with Gasteiger partial charge in [0.05, 0.1) is 18.2 Å². The van der Waals surface area contributed by atoms with Crippen LogP contribution in [0.3, 0.4) is 0 Å². The van der Waals surface area contributed by atoms with E-state index in [1.54, 1.807) is 48.2 Å². The van der Waals surface area contributed by atoms with E-state index in [9.17, 15) is 24.8 Å². The second-order valence-electron chi connectivity index (χ2n) is 10.6. The smallest absolute Gasteiger partial charge is 0.240 e. The van der Waals surface area contributed by atoms with E-state index in [0.717, 1.165) is 5.69 Å². The fraction of sp³-hybridized carbons (Fsp3) is 0.448. The molecule has 3 rings (SSSR count). The molecule has 3 amide bonds. The zero-order valence-electron chi connectivity index (χ0n) is 23.0. The molecular formula is C29H37N5O4S. The number of nitriles is 1. The Kier molecular flexibility index (Phi) is 10.0. The molecule has 5 atom stereocenters. The molecule has 1 aliphatic rings. The minimum absolute atomic E-state index is 0.103. The maximum Gasteiger partial charge on any atom is 0.240 e. The number of benzene rings is 2. The molecule has 4 N–H and O–H groups in total. The molecule has 0 spiro atoms. The van der Waals surface area contributed by atoms with Crippen LogP contribution in [-0.2, 0) is 14.4 Å². The highest BCUT2D eigenvalue weighted by Crippen LogP contribution is 2.36. The number of nitrogens with one attached hydrogen (secondary N) is 3. The maximum absolute atomic E-state index is 13.2. The number of carbonyl (C=O) groups excluding carboxylic acids is 3. The van der Waals surface area contributed by atoms with E-state index < -0.39 is 40.0 Å². The molecule has 1 aliphatic heterocycles. The number of aliphatic hydroxyl groups is 1. The first-order valence-electron chi connectivity index (χ1n) is 13.0. The van der Waals surface area contributed by atoms with Crippen LogP contribution >= 0.6 is 11.8 Å². The van der Waals surface area contributed by atoms with Gasteiger partial charge in [-0.25, -0.2) is 0 Å². The molecule has 1 heterocycles. The van der Waals surface area contributed by atoms with Crippen molar-refractivity contribution in [2.75, 3.05) is 23.7 Å². The normalized spacial score (nSPS) is 19.5. The van der Waals surface area contributed by atoms with E-state index in [1.165, 1.54) is 11.8 Å². The lowest BCUT2D eigenvalue weighted by atomic mass is 9.95. The number of hydrogen-bond donors (Lipinski definition) is 4. The average molecular weight is 552 g/mol. The zero-order valence-corrected chi connectivity index (χ0v) is 23.8. The number of amides is 3. The minimum Gasteiger partial charge on any atom is -0.386 e. The molecule has 0 aromatic heterocycles. The first-order chi connectivity index (χ1) is 18.5. The van der Waals surface area contributed by atoms with Crippen LogP contribution in [0.25, 0.3) is 0 Å². The van der Waals surface area contributed by atoms with E-state index in [-0.39, 0.29) is 18.4 Å². The molecule has 3 unspecified atom stereocenters. The standard InChI is InChI=1S/C29H37N5O4S/c1-6-34-26(37)23(17-31-20-13-10-14-21(15-20)33-28(38)29(3,4)5)39-27(34)22(16-30)25(36)32-18(2)24(35)19-11-8-7-9-12-19/h7-15,18,22-24,27,31,35H,6,17H2,1-5H3,(H,32,36)(H,33,38)/t18-,22?,23?,24-,27?/m1/s1. The summed E-state index contributed by atoms with van der Waals surface area (Å²) >= 11 is 1.28. The monoisotopic (exact) mass is 551 g/mol. The fourth-order valence-corrected chi connectivity index (χ4v) is 5.67. The van der Waals surface area contributed by atoms with Crippen molar-refractivity contribution in [1.82, 2.24) is 10.2 Å². The van der Waals surface area contributed by atoms with Crippen LogP contribution in [0.5, 0.6) is 0 Å². The predicted molar refractivity (Wildman–Crippen MR) is 154 cm³/mol. The van der Waals surface area contributed by atoms with Crippen molar-refractivity contribution in [3.05, 3.63) is 60.2 Å². The molecule has 2 aromatic rings. The summed E-state index contributed by atoms with van der Waals surface area (Å²) in [4.78, 5) is 40.2. The summed E-state index contributed by atoms with van der Waals surface area (Å²) in [5.41, 5.74) is 1.51. The summed E-state index contributed by atoms with van der Waals surface area (Å²) in [5.74, 6) is -1.89. The SMILES string of the molecule is CCN1C(=O)C(CNc2cccc(NC(=O)C(C)(C)C)c2)SC1C(C#N)C(=O)N[C@H](C)[C@@H](O)c1ccccc1. The Balaban J connectivity index is 1.64. The van der Waals surface area contributed by atoms with Gasteiger partial charge in [-0.05, 0) is 37.6 Å². The largest absolute Gasteiger partial charge is 0.386 e. The summed E-state index contributed by atoms with van der Waals surface area (Å²) in [6.45, 7) is 9.65. The topological polar surface area (TPSA) is 135 Å². The third-order valence-electron chi connectivity index (χ3n) is 6.49. The summed E-state index contributed by atoms with van der Waals surface area (Å²) in [6, 6.07) is 17.7. The van der Waals surface area contributed by atoms with Gasteiger partial charge in [-0.1, -0.05) is 57.2 Å². The maximum atomic E-state index is 13.2. The van der Waals surface area contributed by atoms with Crippen molar-refractivity contribution >= 4 is 40.9 Å². The van der Waals surface area contributed by atoms with Gasteiger partial charge in [0, 0.05) is 29.9 Å². The molecule has 0 saturated carbocycles. The fourth-order valence-electron chi connectivity index (χ4n) is 4.16. The Morgan fingerprint density at radius 1 is 1.13 bits per heavy atom. The van der Waals surface area contributed by atoms with Crippen LogP contribution < -0.4 is 16.0 Å². The lowest BCUT2D eigenvalue weighted by Crippen LogP contribution is -2.47. The van der Waals surface area contributed by atoms with Gasteiger partial charge >= 0.3 is 0 Å². The Morgan fingerprint density at radius 3 is 2.41 bits per heavy atom. The van der Waals surface area contributed by atoms with E-state index in [2.05, 4.69) is 22.0 Å². The molecule has 0 radical (unpaired) electrons. The molecule has 208 valence electrons. The van der Waals surface area contributed by atoms with Gasteiger partial charge in [-0.3, -0.25) is 14.4 Å². The molecule has 2 aromatic carbocycles. The van der Waals surface area contributed by atoms with Crippen molar-refractivity contribution in [2.45, 2.75) is 57.4 Å².